The van der Waals surface area contributed by atoms with Crippen LogP contribution in [0.4, 0.5) is 0 Å². The molecule has 0 heterocycles. The van der Waals surface area contributed by atoms with Crippen molar-refractivity contribution in [2.75, 3.05) is 0 Å². The molecule has 1 aliphatic rings. The molecule has 21 heavy (non-hydrogen) atoms. The molecule has 0 amide bonds. The Kier molecular flexibility index (Phi) is 4.97. The number of ether oxygens (including phenoxy) is 1. The summed E-state index contributed by atoms with van der Waals surface area (Å²) in [6.45, 7) is 8.67. The third-order valence-electron chi connectivity index (χ3n) is 4.49. The van der Waals surface area contributed by atoms with E-state index in [1.54, 1.807) is 6.07 Å². The van der Waals surface area contributed by atoms with Crippen molar-refractivity contribution >= 4 is 0 Å². The largest absolute Gasteiger partial charge is 0.508 e. The van der Waals surface area contributed by atoms with E-state index in [1.807, 2.05) is 6.07 Å². The molecule has 0 fully saturated rings. The lowest BCUT2D eigenvalue weighted by Gasteiger charge is -2.36. The number of hydrogen-bond acceptors (Lipinski definition) is 2. The van der Waals surface area contributed by atoms with E-state index in [-0.39, 0.29) is 5.60 Å². The maximum absolute atomic E-state index is 9.87. The first kappa shape index (κ1) is 15.9. The molecule has 1 atom stereocenters. The monoisotopic (exact) mass is 288 g/mol. The molecular weight excluding hydrogens is 260 g/mol. The molecule has 116 valence electrons. The van der Waals surface area contributed by atoms with Crippen molar-refractivity contribution in [2.45, 2.75) is 65.4 Å². The van der Waals surface area contributed by atoms with E-state index < -0.39 is 0 Å². The van der Waals surface area contributed by atoms with Crippen molar-refractivity contribution < 1.29 is 9.84 Å². The van der Waals surface area contributed by atoms with Gasteiger partial charge in [-0.1, -0.05) is 25.0 Å². The smallest absolute Gasteiger partial charge is 0.124 e. The summed E-state index contributed by atoms with van der Waals surface area (Å²) in [5, 5.41) is 9.87. The van der Waals surface area contributed by atoms with Crippen LogP contribution in [0.3, 0.4) is 0 Å². The normalized spacial score (nSPS) is 19.2. The highest BCUT2D eigenvalue weighted by molar-refractivity contribution is 5.38. The average Bonchev–Trinajstić information content (AvgIpc) is 2.38. The SMILES string of the molecule is CCCc1cc(O)cc(OC(C)(C)C2CC=C(C)CC2)c1. The molecular formula is C19H28O2. The molecule has 2 heteroatoms. The van der Waals surface area contributed by atoms with E-state index in [1.165, 1.54) is 18.4 Å². The first-order chi connectivity index (χ1) is 9.90. The molecule has 0 saturated carbocycles. The fourth-order valence-corrected chi connectivity index (χ4v) is 3.12. The number of aryl methyl sites for hydroxylation is 1. The van der Waals surface area contributed by atoms with Crippen LogP contribution in [-0.4, -0.2) is 10.7 Å². The zero-order valence-electron chi connectivity index (χ0n) is 13.8. The number of phenolic OH excluding ortho intramolecular Hbond substituents is 1. The van der Waals surface area contributed by atoms with E-state index in [0.717, 1.165) is 30.6 Å². The number of benzene rings is 1. The molecule has 1 aromatic rings. The van der Waals surface area contributed by atoms with E-state index in [9.17, 15) is 5.11 Å². The topological polar surface area (TPSA) is 29.5 Å². The van der Waals surface area contributed by atoms with Crippen LogP contribution >= 0.6 is 0 Å². The van der Waals surface area contributed by atoms with Crippen LogP contribution in [0.1, 0.15) is 58.9 Å². The summed E-state index contributed by atoms with van der Waals surface area (Å²) in [6.07, 6.45) is 7.80. The highest BCUT2D eigenvalue weighted by Gasteiger charge is 2.32. The van der Waals surface area contributed by atoms with Crippen molar-refractivity contribution in [3.8, 4) is 11.5 Å². The van der Waals surface area contributed by atoms with Crippen molar-refractivity contribution in [3.63, 3.8) is 0 Å². The van der Waals surface area contributed by atoms with Crippen molar-refractivity contribution in [2.24, 2.45) is 5.92 Å². The molecule has 0 aliphatic heterocycles. The van der Waals surface area contributed by atoms with Crippen LogP contribution in [0.5, 0.6) is 11.5 Å². The maximum Gasteiger partial charge on any atom is 0.124 e. The van der Waals surface area contributed by atoms with Gasteiger partial charge in [0.15, 0.2) is 0 Å². The van der Waals surface area contributed by atoms with Crippen LogP contribution in [0, 0.1) is 5.92 Å². The molecule has 0 bridgehead atoms. The van der Waals surface area contributed by atoms with Gasteiger partial charge in [0.1, 0.15) is 17.1 Å². The summed E-state index contributed by atoms with van der Waals surface area (Å²) < 4.78 is 6.26. The van der Waals surface area contributed by atoms with Gasteiger partial charge in [0.05, 0.1) is 0 Å². The van der Waals surface area contributed by atoms with Crippen LogP contribution in [0.2, 0.25) is 0 Å². The standard InChI is InChI=1S/C19H28O2/c1-5-6-15-11-17(20)13-18(12-15)21-19(3,4)16-9-7-14(2)8-10-16/h7,11-13,16,20H,5-6,8-10H2,1-4H3. The van der Waals surface area contributed by atoms with Gasteiger partial charge in [0, 0.05) is 12.0 Å². The lowest BCUT2D eigenvalue weighted by Crippen LogP contribution is -2.38. The summed E-state index contributed by atoms with van der Waals surface area (Å²) >= 11 is 0. The Morgan fingerprint density at radius 3 is 2.67 bits per heavy atom. The van der Waals surface area contributed by atoms with Gasteiger partial charge in [0.25, 0.3) is 0 Å². The van der Waals surface area contributed by atoms with Gasteiger partial charge in [-0.05, 0) is 64.2 Å². The molecule has 1 aliphatic carbocycles. The number of allylic oxidation sites excluding steroid dienone is 2. The maximum atomic E-state index is 9.87. The minimum atomic E-state index is -0.214. The molecule has 0 spiro atoms. The Balaban J connectivity index is 2.12. The van der Waals surface area contributed by atoms with Gasteiger partial charge in [-0.3, -0.25) is 0 Å². The lowest BCUT2D eigenvalue weighted by molar-refractivity contribution is 0.0381. The third-order valence-corrected chi connectivity index (χ3v) is 4.49. The quantitative estimate of drug-likeness (QED) is 0.750. The summed E-state index contributed by atoms with van der Waals surface area (Å²) in [7, 11) is 0. The van der Waals surface area contributed by atoms with Crippen molar-refractivity contribution in [3.05, 3.63) is 35.4 Å². The van der Waals surface area contributed by atoms with Crippen LogP contribution in [0.25, 0.3) is 0 Å². The molecule has 2 nitrogen and oxygen atoms in total. The first-order valence-electron chi connectivity index (χ1n) is 8.08. The number of rotatable bonds is 5. The minimum Gasteiger partial charge on any atom is -0.508 e. The van der Waals surface area contributed by atoms with E-state index in [4.69, 9.17) is 4.74 Å². The molecule has 1 unspecified atom stereocenters. The second-order valence-corrected chi connectivity index (χ2v) is 6.81. The fraction of sp³-hybridized carbons (Fsp3) is 0.579. The van der Waals surface area contributed by atoms with Gasteiger partial charge in [-0.2, -0.15) is 0 Å². The summed E-state index contributed by atoms with van der Waals surface area (Å²) in [4.78, 5) is 0. The van der Waals surface area contributed by atoms with E-state index in [2.05, 4.69) is 39.8 Å². The predicted molar refractivity (Wildman–Crippen MR) is 87.9 cm³/mol. The summed E-state index contributed by atoms with van der Waals surface area (Å²) in [5.74, 6) is 1.61. The zero-order valence-corrected chi connectivity index (χ0v) is 13.8. The second-order valence-electron chi connectivity index (χ2n) is 6.81. The number of phenols is 1. The third kappa shape index (κ3) is 4.26. The lowest BCUT2D eigenvalue weighted by atomic mass is 9.79. The zero-order chi connectivity index (χ0) is 15.5. The van der Waals surface area contributed by atoms with Crippen LogP contribution < -0.4 is 4.74 Å². The Morgan fingerprint density at radius 1 is 1.29 bits per heavy atom. The molecule has 1 N–H and O–H groups in total. The Morgan fingerprint density at radius 2 is 2.05 bits per heavy atom. The fourth-order valence-electron chi connectivity index (χ4n) is 3.12. The Labute approximate surface area is 128 Å². The van der Waals surface area contributed by atoms with Crippen LogP contribution in [-0.2, 0) is 6.42 Å². The highest BCUT2D eigenvalue weighted by atomic mass is 16.5. The summed E-state index contributed by atoms with van der Waals surface area (Å²) in [6, 6.07) is 5.62. The van der Waals surface area contributed by atoms with Crippen molar-refractivity contribution in [1.82, 2.24) is 0 Å². The van der Waals surface area contributed by atoms with Gasteiger partial charge in [-0.15, -0.1) is 0 Å². The molecule has 0 radical (unpaired) electrons. The Hall–Kier alpha value is -1.44. The van der Waals surface area contributed by atoms with Gasteiger partial charge >= 0.3 is 0 Å². The summed E-state index contributed by atoms with van der Waals surface area (Å²) in [5.41, 5.74) is 2.42. The minimum absolute atomic E-state index is 0.214. The first-order valence-corrected chi connectivity index (χ1v) is 8.08. The van der Waals surface area contributed by atoms with Gasteiger partial charge in [0.2, 0.25) is 0 Å². The number of hydrogen-bond donors (Lipinski definition) is 1. The highest BCUT2D eigenvalue weighted by Crippen LogP contribution is 2.36. The van der Waals surface area contributed by atoms with E-state index in [0.29, 0.717) is 11.7 Å². The van der Waals surface area contributed by atoms with Gasteiger partial charge < -0.3 is 9.84 Å². The second kappa shape index (κ2) is 6.55. The number of aromatic hydroxyl groups is 1. The van der Waals surface area contributed by atoms with E-state index >= 15 is 0 Å². The Bertz CT molecular complexity index is 514. The molecule has 1 aromatic carbocycles. The molecule has 0 saturated heterocycles. The van der Waals surface area contributed by atoms with Crippen LogP contribution in [0.15, 0.2) is 29.8 Å². The van der Waals surface area contributed by atoms with Gasteiger partial charge in [-0.25, -0.2) is 0 Å². The molecule has 0 aromatic heterocycles. The molecule has 2 rings (SSSR count). The van der Waals surface area contributed by atoms with Crippen molar-refractivity contribution in [1.29, 1.82) is 0 Å². The average molecular weight is 288 g/mol. The predicted octanol–water partition coefficient (Wildman–Crippen LogP) is 5.25.